The summed E-state index contributed by atoms with van der Waals surface area (Å²) in [4.78, 5) is 5.54. The molecule has 1 unspecified atom stereocenters. The average Bonchev–Trinajstić information content (AvgIpc) is 2.84. The SMILES string of the molecule is Cc1ncsc1CNC(C)c1ccnn1C. The number of nitrogens with zero attached hydrogens (tertiary/aromatic N) is 3. The lowest BCUT2D eigenvalue weighted by atomic mass is 10.2. The molecule has 2 aromatic heterocycles. The number of aromatic nitrogens is 3. The zero-order valence-electron chi connectivity index (χ0n) is 9.77. The van der Waals surface area contributed by atoms with E-state index in [0.717, 1.165) is 12.2 Å². The topological polar surface area (TPSA) is 42.7 Å². The molecule has 0 fully saturated rings. The molecule has 0 aliphatic carbocycles. The van der Waals surface area contributed by atoms with Crippen LogP contribution in [0.3, 0.4) is 0 Å². The van der Waals surface area contributed by atoms with Crippen LogP contribution in [0.4, 0.5) is 0 Å². The minimum Gasteiger partial charge on any atom is -0.304 e. The molecular formula is C11H16N4S. The highest BCUT2D eigenvalue weighted by molar-refractivity contribution is 7.09. The highest BCUT2D eigenvalue weighted by Crippen LogP contribution is 2.15. The van der Waals surface area contributed by atoms with Crippen LogP contribution in [0, 0.1) is 6.92 Å². The van der Waals surface area contributed by atoms with E-state index >= 15 is 0 Å². The maximum absolute atomic E-state index is 4.24. The zero-order valence-corrected chi connectivity index (χ0v) is 10.6. The molecule has 2 heterocycles. The molecule has 1 atom stereocenters. The van der Waals surface area contributed by atoms with Gasteiger partial charge in [0.15, 0.2) is 0 Å². The summed E-state index contributed by atoms with van der Waals surface area (Å²) in [5.74, 6) is 0. The van der Waals surface area contributed by atoms with Crippen LogP contribution in [0.25, 0.3) is 0 Å². The van der Waals surface area contributed by atoms with E-state index in [1.807, 2.05) is 36.4 Å². The van der Waals surface area contributed by atoms with Gasteiger partial charge in [-0.2, -0.15) is 5.10 Å². The Bertz CT molecular complexity index is 460. The summed E-state index contributed by atoms with van der Waals surface area (Å²) < 4.78 is 1.90. The van der Waals surface area contributed by atoms with Crippen molar-refractivity contribution < 1.29 is 0 Å². The molecule has 4 nitrogen and oxygen atoms in total. The molecule has 0 aromatic carbocycles. The average molecular weight is 236 g/mol. The summed E-state index contributed by atoms with van der Waals surface area (Å²) >= 11 is 1.70. The Morgan fingerprint density at radius 1 is 1.56 bits per heavy atom. The first-order valence-electron chi connectivity index (χ1n) is 5.28. The largest absolute Gasteiger partial charge is 0.304 e. The molecular weight excluding hydrogens is 220 g/mol. The van der Waals surface area contributed by atoms with Crippen molar-refractivity contribution in [3.8, 4) is 0 Å². The summed E-state index contributed by atoms with van der Waals surface area (Å²) in [6, 6.07) is 2.34. The fourth-order valence-corrected chi connectivity index (χ4v) is 2.38. The second-order valence-corrected chi connectivity index (χ2v) is 4.78. The Morgan fingerprint density at radius 2 is 2.38 bits per heavy atom. The van der Waals surface area contributed by atoms with E-state index in [1.54, 1.807) is 11.3 Å². The van der Waals surface area contributed by atoms with E-state index in [2.05, 4.69) is 22.3 Å². The first-order chi connectivity index (χ1) is 7.68. The van der Waals surface area contributed by atoms with Gasteiger partial charge in [-0.05, 0) is 19.9 Å². The second-order valence-electron chi connectivity index (χ2n) is 3.84. The standard InChI is InChI=1S/C11H16N4S/c1-8(10-4-5-14-15(10)3)12-6-11-9(2)13-7-16-11/h4-5,7-8,12H,6H2,1-3H3. The van der Waals surface area contributed by atoms with E-state index in [0.29, 0.717) is 6.04 Å². The third-order valence-corrected chi connectivity index (χ3v) is 3.65. The summed E-state index contributed by atoms with van der Waals surface area (Å²) in [5, 5.41) is 7.65. The number of rotatable bonds is 4. The molecule has 0 aliphatic rings. The van der Waals surface area contributed by atoms with Crippen molar-refractivity contribution in [3.05, 3.63) is 34.0 Å². The number of thiazole rings is 1. The maximum Gasteiger partial charge on any atom is 0.0798 e. The van der Waals surface area contributed by atoms with Gasteiger partial charge in [0.2, 0.25) is 0 Å². The van der Waals surface area contributed by atoms with Crippen LogP contribution in [-0.4, -0.2) is 14.8 Å². The van der Waals surface area contributed by atoms with Gasteiger partial charge in [-0.3, -0.25) is 4.68 Å². The number of hydrogen-bond acceptors (Lipinski definition) is 4. The summed E-state index contributed by atoms with van der Waals surface area (Å²) in [5.41, 5.74) is 4.21. The normalized spacial score (nSPS) is 12.9. The third-order valence-electron chi connectivity index (χ3n) is 2.72. The Morgan fingerprint density at radius 3 is 2.94 bits per heavy atom. The maximum atomic E-state index is 4.24. The lowest BCUT2D eigenvalue weighted by Gasteiger charge is -2.13. The van der Waals surface area contributed by atoms with Crippen molar-refractivity contribution in [1.29, 1.82) is 0 Å². The first kappa shape index (κ1) is 11.3. The minimum absolute atomic E-state index is 0.300. The molecule has 0 amide bonds. The summed E-state index contributed by atoms with van der Waals surface area (Å²) in [6.45, 7) is 5.05. The molecule has 2 aromatic rings. The van der Waals surface area contributed by atoms with Crippen LogP contribution >= 0.6 is 11.3 Å². The number of nitrogens with one attached hydrogen (secondary N) is 1. The first-order valence-corrected chi connectivity index (χ1v) is 6.16. The van der Waals surface area contributed by atoms with Crippen LogP contribution < -0.4 is 5.32 Å². The fourth-order valence-electron chi connectivity index (χ4n) is 1.66. The Labute approximate surface area is 99.3 Å². The van der Waals surface area contributed by atoms with E-state index in [9.17, 15) is 0 Å². The molecule has 0 saturated heterocycles. The molecule has 2 rings (SSSR count). The molecule has 0 bridgehead atoms. The minimum atomic E-state index is 0.300. The van der Waals surface area contributed by atoms with E-state index in [4.69, 9.17) is 0 Å². The smallest absolute Gasteiger partial charge is 0.0798 e. The van der Waals surface area contributed by atoms with Crippen molar-refractivity contribution >= 4 is 11.3 Å². The van der Waals surface area contributed by atoms with Crippen LogP contribution in [0.5, 0.6) is 0 Å². The van der Waals surface area contributed by atoms with Crippen LogP contribution in [0.2, 0.25) is 0 Å². The van der Waals surface area contributed by atoms with Gasteiger partial charge in [0.05, 0.1) is 16.9 Å². The Balaban J connectivity index is 1.97. The summed E-state index contributed by atoms with van der Waals surface area (Å²) in [7, 11) is 1.96. The molecule has 0 spiro atoms. The van der Waals surface area contributed by atoms with Gasteiger partial charge in [0, 0.05) is 30.7 Å². The van der Waals surface area contributed by atoms with Crippen molar-refractivity contribution in [2.24, 2.45) is 7.05 Å². The highest BCUT2D eigenvalue weighted by atomic mass is 32.1. The second kappa shape index (κ2) is 4.76. The third kappa shape index (κ3) is 2.31. The van der Waals surface area contributed by atoms with E-state index in [1.165, 1.54) is 10.6 Å². The van der Waals surface area contributed by atoms with Gasteiger partial charge < -0.3 is 5.32 Å². The van der Waals surface area contributed by atoms with Crippen LogP contribution in [0.15, 0.2) is 17.8 Å². The van der Waals surface area contributed by atoms with Crippen LogP contribution in [0.1, 0.15) is 29.2 Å². The van der Waals surface area contributed by atoms with E-state index < -0.39 is 0 Å². The zero-order chi connectivity index (χ0) is 11.5. The molecule has 16 heavy (non-hydrogen) atoms. The van der Waals surface area contributed by atoms with Crippen molar-refractivity contribution in [2.45, 2.75) is 26.4 Å². The van der Waals surface area contributed by atoms with Crippen LogP contribution in [-0.2, 0) is 13.6 Å². The van der Waals surface area contributed by atoms with Gasteiger partial charge in [-0.25, -0.2) is 4.98 Å². The highest BCUT2D eigenvalue weighted by Gasteiger charge is 2.09. The lowest BCUT2D eigenvalue weighted by molar-refractivity contribution is 0.531. The number of aryl methyl sites for hydroxylation is 2. The molecule has 5 heteroatoms. The molecule has 0 saturated carbocycles. The lowest BCUT2D eigenvalue weighted by Crippen LogP contribution is -2.20. The number of hydrogen-bond donors (Lipinski definition) is 1. The predicted octanol–water partition coefficient (Wildman–Crippen LogP) is 2.04. The molecule has 1 N–H and O–H groups in total. The van der Waals surface area contributed by atoms with E-state index in [-0.39, 0.29) is 0 Å². The van der Waals surface area contributed by atoms with Gasteiger partial charge in [0.25, 0.3) is 0 Å². The predicted molar refractivity (Wildman–Crippen MR) is 65.3 cm³/mol. The van der Waals surface area contributed by atoms with Crippen molar-refractivity contribution in [3.63, 3.8) is 0 Å². The van der Waals surface area contributed by atoms with Crippen molar-refractivity contribution in [2.75, 3.05) is 0 Å². The van der Waals surface area contributed by atoms with Gasteiger partial charge in [-0.1, -0.05) is 0 Å². The Hall–Kier alpha value is -1.20. The summed E-state index contributed by atoms with van der Waals surface area (Å²) in [6.07, 6.45) is 1.82. The van der Waals surface area contributed by atoms with Gasteiger partial charge in [0.1, 0.15) is 0 Å². The van der Waals surface area contributed by atoms with Gasteiger partial charge in [-0.15, -0.1) is 11.3 Å². The monoisotopic (exact) mass is 236 g/mol. The van der Waals surface area contributed by atoms with Gasteiger partial charge >= 0.3 is 0 Å². The molecule has 86 valence electrons. The quantitative estimate of drug-likeness (QED) is 0.883. The Kier molecular flexibility index (Phi) is 3.36. The fraction of sp³-hybridized carbons (Fsp3) is 0.455. The van der Waals surface area contributed by atoms with Crippen molar-refractivity contribution in [1.82, 2.24) is 20.1 Å². The molecule has 0 aliphatic heterocycles. The molecule has 0 radical (unpaired) electrons.